The van der Waals surface area contributed by atoms with E-state index in [1.807, 2.05) is 24.3 Å². The third-order valence-electron chi connectivity index (χ3n) is 4.73. The predicted molar refractivity (Wildman–Crippen MR) is 111 cm³/mol. The van der Waals surface area contributed by atoms with Crippen molar-refractivity contribution < 1.29 is 22.6 Å². The van der Waals surface area contributed by atoms with Crippen molar-refractivity contribution in [3.8, 4) is 17.2 Å². The fourth-order valence-corrected chi connectivity index (χ4v) is 5.21. The quantitative estimate of drug-likeness (QED) is 0.646. The summed E-state index contributed by atoms with van der Waals surface area (Å²) in [5, 5.41) is 0. The Morgan fingerprint density at radius 1 is 0.857 bits per heavy atom. The summed E-state index contributed by atoms with van der Waals surface area (Å²) in [5.41, 5.74) is 1.04. The Morgan fingerprint density at radius 2 is 1.46 bits per heavy atom. The van der Waals surface area contributed by atoms with E-state index >= 15 is 0 Å². The van der Waals surface area contributed by atoms with Crippen LogP contribution in [0.5, 0.6) is 17.2 Å². The molecule has 2 aromatic rings. The second kappa shape index (κ2) is 8.59. The molecule has 0 N–H and O–H groups in total. The van der Waals surface area contributed by atoms with Crippen LogP contribution in [0.1, 0.15) is 0 Å². The van der Waals surface area contributed by atoms with E-state index in [9.17, 15) is 8.42 Å². The number of halogens is 1. The van der Waals surface area contributed by atoms with Crippen LogP contribution >= 0.6 is 15.9 Å². The number of nitrogens with zero attached hydrogens (tertiary/aromatic N) is 2. The lowest BCUT2D eigenvalue weighted by Gasteiger charge is -2.35. The molecule has 0 aliphatic carbocycles. The molecule has 0 atom stereocenters. The SMILES string of the molecule is COc1ccc(N2CCN(S(=O)(=O)c3cc(OC)c(Br)cc3OC)CC2)cc1. The Labute approximate surface area is 174 Å². The van der Waals surface area contributed by atoms with Gasteiger partial charge in [0.15, 0.2) is 0 Å². The van der Waals surface area contributed by atoms with Gasteiger partial charge < -0.3 is 19.1 Å². The molecule has 3 rings (SSSR count). The largest absolute Gasteiger partial charge is 0.497 e. The average Bonchev–Trinajstić information content (AvgIpc) is 2.73. The van der Waals surface area contributed by atoms with E-state index in [1.54, 1.807) is 13.2 Å². The van der Waals surface area contributed by atoms with E-state index in [0.29, 0.717) is 36.4 Å². The fourth-order valence-electron chi connectivity index (χ4n) is 3.15. The lowest BCUT2D eigenvalue weighted by Crippen LogP contribution is -2.48. The number of methoxy groups -OCH3 is 3. The van der Waals surface area contributed by atoms with Gasteiger partial charge in [0.05, 0.1) is 25.8 Å². The van der Waals surface area contributed by atoms with Gasteiger partial charge in [0.2, 0.25) is 10.0 Å². The van der Waals surface area contributed by atoms with Crippen molar-refractivity contribution in [2.75, 3.05) is 52.4 Å². The van der Waals surface area contributed by atoms with Crippen LogP contribution in [0, 0.1) is 0 Å². The first-order valence-electron chi connectivity index (χ1n) is 8.71. The topological polar surface area (TPSA) is 68.3 Å². The lowest BCUT2D eigenvalue weighted by atomic mass is 10.2. The van der Waals surface area contributed by atoms with Crippen LogP contribution < -0.4 is 19.1 Å². The van der Waals surface area contributed by atoms with Crippen molar-refractivity contribution in [2.45, 2.75) is 4.90 Å². The van der Waals surface area contributed by atoms with Gasteiger partial charge in [0, 0.05) is 37.9 Å². The summed E-state index contributed by atoms with van der Waals surface area (Å²) in [5.74, 6) is 1.52. The molecule has 1 aliphatic rings. The van der Waals surface area contributed by atoms with Crippen molar-refractivity contribution in [3.05, 3.63) is 40.9 Å². The summed E-state index contributed by atoms with van der Waals surface area (Å²) in [4.78, 5) is 2.26. The number of anilines is 1. The van der Waals surface area contributed by atoms with Gasteiger partial charge in [-0.15, -0.1) is 0 Å². The minimum Gasteiger partial charge on any atom is -0.497 e. The molecule has 1 saturated heterocycles. The lowest BCUT2D eigenvalue weighted by molar-refractivity contribution is 0.370. The normalized spacial score (nSPS) is 15.4. The zero-order valence-corrected chi connectivity index (χ0v) is 18.4. The fraction of sp³-hybridized carbons (Fsp3) is 0.368. The molecule has 7 nitrogen and oxygen atoms in total. The maximum Gasteiger partial charge on any atom is 0.247 e. The van der Waals surface area contributed by atoms with Gasteiger partial charge in [0.25, 0.3) is 0 Å². The Kier molecular flexibility index (Phi) is 6.36. The van der Waals surface area contributed by atoms with Gasteiger partial charge in [-0.1, -0.05) is 0 Å². The highest BCUT2D eigenvalue weighted by Gasteiger charge is 2.32. The highest BCUT2D eigenvalue weighted by Crippen LogP contribution is 2.37. The van der Waals surface area contributed by atoms with E-state index < -0.39 is 10.0 Å². The van der Waals surface area contributed by atoms with Crippen LogP contribution in [0.15, 0.2) is 45.8 Å². The minimum absolute atomic E-state index is 0.105. The van der Waals surface area contributed by atoms with Crippen LogP contribution in [-0.2, 0) is 10.0 Å². The first kappa shape index (κ1) is 20.8. The number of ether oxygens (including phenoxy) is 3. The van der Waals surface area contributed by atoms with Crippen LogP contribution in [0.4, 0.5) is 5.69 Å². The highest BCUT2D eigenvalue weighted by atomic mass is 79.9. The third-order valence-corrected chi connectivity index (χ3v) is 7.27. The first-order valence-corrected chi connectivity index (χ1v) is 10.9. The van der Waals surface area contributed by atoms with Gasteiger partial charge in [-0.25, -0.2) is 8.42 Å². The van der Waals surface area contributed by atoms with Gasteiger partial charge in [-0.05, 0) is 46.3 Å². The van der Waals surface area contributed by atoms with Gasteiger partial charge in [-0.2, -0.15) is 4.31 Å². The molecule has 2 aromatic carbocycles. The molecule has 0 spiro atoms. The zero-order chi connectivity index (χ0) is 20.3. The number of piperazine rings is 1. The third kappa shape index (κ3) is 4.06. The number of hydrogen-bond donors (Lipinski definition) is 0. The average molecular weight is 471 g/mol. The van der Waals surface area contributed by atoms with Gasteiger partial charge >= 0.3 is 0 Å². The molecule has 152 valence electrons. The highest BCUT2D eigenvalue weighted by molar-refractivity contribution is 9.10. The summed E-state index contributed by atoms with van der Waals surface area (Å²) in [7, 11) is 0.869. The van der Waals surface area contributed by atoms with Crippen LogP contribution in [0.2, 0.25) is 0 Å². The predicted octanol–water partition coefficient (Wildman–Crippen LogP) is 2.99. The van der Waals surface area contributed by atoms with Crippen molar-refractivity contribution in [3.63, 3.8) is 0 Å². The number of rotatable bonds is 6. The van der Waals surface area contributed by atoms with E-state index in [2.05, 4.69) is 20.8 Å². The monoisotopic (exact) mass is 470 g/mol. The molecular formula is C19H23BrN2O5S. The molecule has 0 amide bonds. The number of benzene rings is 2. The molecule has 1 fully saturated rings. The Bertz CT molecular complexity index is 926. The minimum atomic E-state index is -3.71. The van der Waals surface area contributed by atoms with Crippen LogP contribution in [0.25, 0.3) is 0 Å². The van der Waals surface area contributed by atoms with Crippen molar-refractivity contribution in [1.82, 2.24) is 4.31 Å². The molecule has 1 aliphatic heterocycles. The standard InChI is InChI=1S/C19H23BrN2O5S/c1-25-15-6-4-14(5-7-15)21-8-10-22(11-9-21)28(23,24)19-13-17(26-2)16(20)12-18(19)27-3/h4-7,12-13H,8-11H2,1-3H3. The second-order valence-electron chi connectivity index (χ2n) is 6.23. The van der Waals surface area contributed by atoms with Gasteiger partial charge in [0.1, 0.15) is 22.1 Å². The summed E-state index contributed by atoms with van der Waals surface area (Å²) in [6.07, 6.45) is 0. The smallest absolute Gasteiger partial charge is 0.247 e. The van der Waals surface area contributed by atoms with Gasteiger partial charge in [-0.3, -0.25) is 0 Å². The van der Waals surface area contributed by atoms with E-state index in [1.165, 1.54) is 24.6 Å². The molecule has 28 heavy (non-hydrogen) atoms. The van der Waals surface area contributed by atoms with Crippen molar-refractivity contribution >= 4 is 31.6 Å². The number of sulfonamides is 1. The zero-order valence-electron chi connectivity index (χ0n) is 16.0. The van der Waals surface area contributed by atoms with Crippen LogP contribution in [0.3, 0.4) is 0 Å². The molecule has 0 bridgehead atoms. The molecule has 0 radical (unpaired) electrons. The molecule has 0 unspecified atom stereocenters. The summed E-state index contributed by atoms with van der Waals surface area (Å²) in [6.45, 7) is 1.97. The van der Waals surface area contributed by atoms with Crippen molar-refractivity contribution in [1.29, 1.82) is 0 Å². The number of hydrogen-bond acceptors (Lipinski definition) is 6. The molecule has 1 heterocycles. The first-order chi connectivity index (χ1) is 13.4. The van der Waals surface area contributed by atoms with Crippen LogP contribution in [-0.4, -0.2) is 60.2 Å². The second-order valence-corrected chi connectivity index (χ2v) is 8.99. The summed E-state index contributed by atoms with van der Waals surface area (Å²) in [6, 6.07) is 10.9. The summed E-state index contributed by atoms with van der Waals surface area (Å²) >= 11 is 3.36. The molecular weight excluding hydrogens is 448 g/mol. The van der Waals surface area contributed by atoms with E-state index in [-0.39, 0.29) is 10.6 Å². The maximum atomic E-state index is 13.2. The Morgan fingerprint density at radius 3 is 2.00 bits per heavy atom. The molecule has 0 aromatic heterocycles. The van der Waals surface area contributed by atoms with E-state index in [4.69, 9.17) is 14.2 Å². The Hall–Kier alpha value is -1.97. The summed E-state index contributed by atoms with van der Waals surface area (Å²) < 4.78 is 44.3. The van der Waals surface area contributed by atoms with E-state index in [0.717, 1.165) is 11.4 Å². The van der Waals surface area contributed by atoms with Crippen molar-refractivity contribution in [2.24, 2.45) is 0 Å². The molecule has 0 saturated carbocycles. The maximum absolute atomic E-state index is 13.2. The Balaban J connectivity index is 1.79. The molecule has 9 heteroatoms.